The quantitative estimate of drug-likeness (QED) is 0.811. The maximum Gasteiger partial charge on any atom is 0.173 e. The van der Waals surface area contributed by atoms with Gasteiger partial charge in [0.15, 0.2) is 5.82 Å². The summed E-state index contributed by atoms with van der Waals surface area (Å²) >= 11 is 3.12. The number of rotatable bonds is 6. The Kier molecular flexibility index (Phi) is 5.16. The predicted molar refractivity (Wildman–Crippen MR) is 75.1 cm³/mol. The van der Waals surface area contributed by atoms with E-state index in [-0.39, 0.29) is 11.9 Å². The fraction of sp³-hybridized carbons (Fsp3) is 0.417. The second kappa shape index (κ2) is 6.87. The molecular formula is C12H15BrFN5O. The molecule has 0 spiro atoms. The second-order valence-electron chi connectivity index (χ2n) is 4.22. The third-order valence-corrected chi connectivity index (χ3v) is 3.43. The van der Waals surface area contributed by atoms with Crippen molar-refractivity contribution < 1.29 is 9.13 Å². The van der Waals surface area contributed by atoms with Crippen molar-refractivity contribution in [2.75, 3.05) is 20.3 Å². The molecule has 0 aliphatic rings. The van der Waals surface area contributed by atoms with Gasteiger partial charge in [0.1, 0.15) is 5.82 Å². The van der Waals surface area contributed by atoms with E-state index in [1.54, 1.807) is 19.2 Å². The summed E-state index contributed by atoms with van der Waals surface area (Å²) in [5.74, 6) is 0.256. The van der Waals surface area contributed by atoms with Crippen LogP contribution in [0.3, 0.4) is 0 Å². The normalized spacial score (nSPS) is 12.6. The first-order chi connectivity index (χ1) is 9.63. The zero-order chi connectivity index (χ0) is 14.5. The van der Waals surface area contributed by atoms with Gasteiger partial charge < -0.3 is 10.1 Å². The summed E-state index contributed by atoms with van der Waals surface area (Å²) in [5.41, 5.74) is 0.575. The molecule has 0 amide bonds. The zero-order valence-corrected chi connectivity index (χ0v) is 12.8. The Morgan fingerprint density at radius 1 is 1.50 bits per heavy atom. The van der Waals surface area contributed by atoms with Crippen molar-refractivity contribution in [1.82, 2.24) is 25.5 Å². The van der Waals surface area contributed by atoms with Crippen LogP contribution in [0.25, 0.3) is 5.69 Å². The fourth-order valence-electron chi connectivity index (χ4n) is 1.73. The smallest absolute Gasteiger partial charge is 0.173 e. The Morgan fingerprint density at radius 3 is 3.00 bits per heavy atom. The maximum absolute atomic E-state index is 13.6. The minimum Gasteiger partial charge on any atom is -0.383 e. The number of tetrazole rings is 1. The second-order valence-corrected chi connectivity index (χ2v) is 5.07. The van der Waals surface area contributed by atoms with Crippen molar-refractivity contribution in [2.45, 2.75) is 13.0 Å². The van der Waals surface area contributed by atoms with Gasteiger partial charge in [0.05, 0.1) is 22.8 Å². The maximum atomic E-state index is 13.6. The van der Waals surface area contributed by atoms with Crippen LogP contribution in [-0.4, -0.2) is 40.5 Å². The molecule has 6 nitrogen and oxygen atoms in total. The van der Waals surface area contributed by atoms with E-state index in [9.17, 15) is 4.39 Å². The Hall–Kier alpha value is -1.38. The number of methoxy groups -OCH3 is 1. The lowest BCUT2D eigenvalue weighted by molar-refractivity contribution is 0.196. The molecule has 1 N–H and O–H groups in total. The number of hydrogen-bond acceptors (Lipinski definition) is 5. The molecule has 8 heteroatoms. The van der Waals surface area contributed by atoms with Crippen LogP contribution in [0, 0.1) is 5.82 Å². The van der Waals surface area contributed by atoms with Crippen LogP contribution in [0.15, 0.2) is 22.7 Å². The number of ether oxygens (including phenoxy) is 1. The zero-order valence-electron chi connectivity index (χ0n) is 11.2. The van der Waals surface area contributed by atoms with Crippen LogP contribution in [0.4, 0.5) is 4.39 Å². The largest absolute Gasteiger partial charge is 0.383 e. The Balaban J connectivity index is 2.21. The molecule has 20 heavy (non-hydrogen) atoms. The summed E-state index contributed by atoms with van der Waals surface area (Å²) in [5, 5.41) is 14.8. The highest BCUT2D eigenvalue weighted by Gasteiger charge is 2.16. The third kappa shape index (κ3) is 3.38. The molecule has 1 unspecified atom stereocenters. The Morgan fingerprint density at radius 2 is 2.30 bits per heavy atom. The van der Waals surface area contributed by atoms with Gasteiger partial charge in [-0.2, -0.15) is 4.68 Å². The number of benzene rings is 1. The molecule has 0 saturated heterocycles. The minimum atomic E-state index is -0.357. The van der Waals surface area contributed by atoms with Crippen LogP contribution in [-0.2, 0) is 4.74 Å². The predicted octanol–water partition coefficient (Wildman–Crippen LogP) is 1.86. The van der Waals surface area contributed by atoms with Gasteiger partial charge >= 0.3 is 0 Å². The summed E-state index contributed by atoms with van der Waals surface area (Å²) in [6.45, 7) is 3.21. The topological polar surface area (TPSA) is 64.9 Å². The molecular weight excluding hydrogens is 329 g/mol. The van der Waals surface area contributed by atoms with E-state index in [4.69, 9.17) is 4.74 Å². The van der Waals surface area contributed by atoms with E-state index in [0.29, 0.717) is 29.1 Å². The SMILES string of the molecule is COCCNC(C)c1nnnn1-c1ccc(Br)c(F)c1. The Bertz CT molecular complexity index is 577. The van der Waals surface area contributed by atoms with E-state index in [0.717, 1.165) is 0 Å². The summed E-state index contributed by atoms with van der Waals surface area (Å²) in [7, 11) is 1.64. The van der Waals surface area contributed by atoms with Crippen LogP contribution in [0.5, 0.6) is 0 Å². The molecule has 0 saturated carbocycles. The highest BCUT2D eigenvalue weighted by Crippen LogP contribution is 2.20. The molecule has 2 rings (SSSR count). The van der Waals surface area contributed by atoms with Crippen LogP contribution >= 0.6 is 15.9 Å². The van der Waals surface area contributed by atoms with Crippen molar-refractivity contribution in [1.29, 1.82) is 0 Å². The lowest BCUT2D eigenvalue weighted by atomic mass is 10.2. The van der Waals surface area contributed by atoms with E-state index in [1.165, 1.54) is 10.7 Å². The van der Waals surface area contributed by atoms with Gasteiger partial charge in [-0.1, -0.05) is 0 Å². The van der Waals surface area contributed by atoms with Gasteiger partial charge in [-0.15, -0.1) is 5.10 Å². The van der Waals surface area contributed by atoms with Gasteiger partial charge in [0.25, 0.3) is 0 Å². The van der Waals surface area contributed by atoms with Crippen molar-refractivity contribution >= 4 is 15.9 Å². The van der Waals surface area contributed by atoms with Crippen molar-refractivity contribution in [3.8, 4) is 5.69 Å². The van der Waals surface area contributed by atoms with E-state index < -0.39 is 0 Å². The minimum absolute atomic E-state index is 0.0770. The molecule has 1 aromatic carbocycles. The highest BCUT2D eigenvalue weighted by atomic mass is 79.9. The lowest BCUT2D eigenvalue weighted by Gasteiger charge is -2.13. The molecule has 0 aliphatic heterocycles. The number of hydrogen-bond donors (Lipinski definition) is 1. The van der Waals surface area contributed by atoms with Gasteiger partial charge in [-0.3, -0.25) is 0 Å². The standard InChI is InChI=1S/C12H15BrFN5O/c1-8(15-5-6-20-2)12-16-17-18-19(12)9-3-4-10(13)11(14)7-9/h3-4,7-8,15H,5-6H2,1-2H3. The van der Waals surface area contributed by atoms with Gasteiger partial charge in [-0.25, -0.2) is 4.39 Å². The molecule has 1 aromatic heterocycles. The van der Waals surface area contributed by atoms with Gasteiger partial charge in [0.2, 0.25) is 0 Å². The first kappa shape index (κ1) is 15.0. The number of nitrogens with one attached hydrogen (secondary N) is 1. The van der Waals surface area contributed by atoms with Crippen LogP contribution in [0.1, 0.15) is 18.8 Å². The van der Waals surface area contributed by atoms with Gasteiger partial charge in [0, 0.05) is 19.7 Å². The lowest BCUT2D eigenvalue weighted by Crippen LogP contribution is -2.25. The van der Waals surface area contributed by atoms with Crippen molar-refractivity contribution in [2.24, 2.45) is 0 Å². The highest BCUT2D eigenvalue weighted by molar-refractivity contribution is 9.10. The summed E-state index contributed by atoms with van der Waals surface area (Å²) < 4.78 is 20.5. The molecule has 108 valence electrons. The van der Waals surface area contributed by atoms with Crippen molar-refractivity contribution in [3.63, 3.8) is 0 Å². The molecule has 1 heterocycles. The first-order valence-corrected chi connectivity index (χ1v) is 6.88. The molecule has 0 fully saturated rings. The van der Waals surface area contributed by atoms with Crippen LogP contribution < -0.4 is 5.32 Å². The summed E-state index contributed by atoms with van der Waals surface area (Å²) in [4.78, 5) is 0. The molecule has 0 aliphatic carbocycles. The van der Waals surface area contributed by atoms with E-state index in [1.807, 2.05) is 6.92 Å². The summed E-state index contributed by atoms with van der Waals surface area (Å²) in [6.07, 6.45) is 0. The molecule has 0 bridgehead atoms. The number of aromatic nitrogens is 4. The van der Waals surface area contributed by atoms with Crippen molar-refractivity contribution in [3.05, 3.63) is 34.3 Å². The fourth-order valence-corrected chi connectivity index (χ4v) is 1.98. The van der Waals surface area contributed by atoms with E-state index >= 15 is 0 Å². The van der Waals surface area contributed by atoms with Crippen LogP contribution in [0.2, 0.25) is 0 Å². The van der Waals surface area contributed by atoms with E-state index in [2.05, 4.69) is 36.8 Å². The molecule has 0 radical (unpaired) electrons. The van der Waals surface area contributed by atoms with Gasteiger partial charge in [-0.05, 0) is 45.4 Å². The first-order valence-electron chi connectivity index (χ1n) is 6.09. The summed E-state index contributed by atoms with van der Waals surface area (Å²) in [6, 6.07) is 4.67. The molecule has 2 aromatic rings. The molecule has 1 atom stereocenters. The average molecular weight is 344 g/mol. The monoisotopic (exact) mass is 343 g/mol. The Labute approximate surface area is 124 Å². The third-order valence-electron chi connectivity index (χ3n) is 2.79. The number of halogens is 2. The number of nitrogens with zero attached hydrogens (tertiary/aromatic N) is 4. The average Bonchev–Trinajstić information content (AvgIpc) is 2.91.